The Hall–Kier alpha value is -1.91. The van der Waals surface area contributed by atoms with Gasteiger partial charge in [-0.15, -0.1) is 0 Å². The van der Waals surface area contributed by atoms with Crippen LogP contribution in [0.3, 0.4) is 0 Å². The van der Waals surface area contributed by atoms with Crippen molar-refractivity contribution in [2.24, 2.45) is 0 Å². The van der Waals surface area contributed by atoms with Crippen LogP contribution in [-0.2, 0) is 6.54 Å². The summed E-state index contributed by atoms with van der Waals surface area (Å²) in [5.41, 5.74) is 1.74. The number of piperidine rings is 1. The molecule has 5 heteroatoms. The summed E-state index contributed by atoms with van der Waals surface area (Å²) in [5.74, 6) is -0.465. The minimum atomic E-state index is -0.331. The summed E-state index contributed by atoms with van der Waals surface area (Å²) >= 11 is 5.91. The van der Waals surface area contributed by atoms with Crippen LogP contribution in [0.15, 0.2) is 48.5 Å². The molecule has 0 aliphatic carbocycles. The molecule has 1 fully saturated rings. The zero-order valence-electron chi connectivity index (χ0n) is 13.3. The summed E-state index contributed by atoms with van der Waals surface area (Å²) in [4.78, 5) is 14.5. The Labute approximate surface area is 146 Å². The lowest BCUT2D eigenvalue weighted by molar-refractivity contribution is 0.0909. The maximum Gasteiger partial charge on any atom is 0.251 e. The van der Waals surface area contributed by atoms with Crippen molar-refractivity contribution in [2.45, 2.75) is 25.4 Å². The molecule has 1 N–H and O–H groups in total. The molecule has 0 bridgehead atoms. The number of nitrogens with zero attached hydrogens (tertiary/aromatic N) is 1. The molecule has 1 aliphatic rings. The zero-order valence-corrected chi connectivity index (χ0v) is 14.1. The van der Waals surface area contributed by atoms with E-state index in [1.165, 1.54) is 29.8 Å². The van der Waals surface area contributed by atoms with Crippen LogP contribution >= 0.6 is 11.6 Å². The summed E-state index contributed by atoms with van der Waals surface area (Å²) in [5, 5.41) is 3.79. The van der Waals surface area contributed by atoms with Crippen molar-refractivity contribution in [1.82, 2.24) is 10.2 Å². The number of nitrogens with one attached hydrogen (secondary N) is 1. The molecule has 2 aromatic rings. The second-order valence-corrected chi connectivity index (χ2v) is 6.59. The van der Waals surface area contributed by atoms with E-state index in [4.69, 9.17) is 11.6 Å². The molecule has 0 aromatic heterocycles. The molecular formula is C19H20ClFN2O. The van der Waals surface area contributed by atoms with Gasteiger partial charge in [0, 0.05) is 36.3 Å². The van der Waals surface area contributed by atoms with Crippen LogP contribution in [0.1, 0.15) is 28.8 Å². The van der Waals surface area contributed by atoms with Crippen LogP contribution in [0.2, 0.25) is 5.02 Å². The number of hydrogen-bond acceptors (Lipinski definition) is 2. The lowest BCUT2D eigenvalue weighted by Gasteiger charge is -2.32. The number of amides is 1. The fourth-order valence-electron chi connectivity index (χ4n) is 2.95. The van der Waals surface area contributed by atoms with Crippen molar-refractivity contribution >= 4 is 17.5 Å². The maximum atomic E-state index is 12.9. The summed E-state index contributed by atoms with van der Waals surface area (Å²) in [6.07, 6.45) is 1.83. The molecule has 3 nitrogen and oxygen atoms in total. The minimum Gasteiger partial charge on any atom is -0.349 e. The van der Waals surface area contributed by atoms with E-state index in [1.54, 1.807) is 0 Å². The standard InChI is InChI=1S/C19H20ClFN2O/c20-16-5-1-14(2-6-16)13-23-11-9-18(10-12-23)22-19(24)15-3-7-17(21)8-4-15/h1-8,18H,9-13H2,(H,22,24). The van der Waals surface area contributed by atoms with Gasteiger partial charge in [-0.05, 0) is 54.8 Å². The van der Waals surface area contributed by atoms with E-state index < -0.39 is 0 Å². The van der Waals surface area contributed by atoms with Crippen molar-refractivity contribution in [3.05, 3.63) is 70.5 Å². The molecular weight excluding hydrogens is 327 g/mol. The third kappa shape index (κ3) is 4.56. The highest BCUT2D eigenvalue weighted by atomic mass is 35.5. The fraction of sp³-hybridized carbons (Fsp3) is 0.316. The Morgan fingerprint density at radius 1 is 1.08 bits per heavy atom. The van der Waals surface area contributed by atoms with Crippen LogP contribution in [0, 0.1) is 5.82 Å². The van der Waals surface area contributed by atoms with E-state index in [0.29, 0.717) is 5.56 Å². The molecule has 126 valence electrons. The van der Waals surface area contributed by atoms with Crippen molar-refractivity contribution in [1.29, 1.82) is 0 Å². The molecule has 0 atom stereocenters. The summed E-state index contributed by atoms with van der Waals surface area (Å²) in [6.45, 7) is 2.78. The van der Waals surface area contributed by atoms with Gasteiger partial charge in [0.15, 0.2) is 0 Å². The topological polar surface area (TPSA) is 32.3 Å². The van der Waals surface area contributed by atoms with Gasteiger partial charge in [-0.3, -0.25) is 9.69 Å². The summed E-state index contributed by atoms with van der Waals surface area (Å²) < 4.78 is 12.9. The molecule has 0 radical (unpaired) electrons. The third-order valence-electron chi connectivity index (χ3n) is 4.35. The van der Waals surface area contributed by atoms with Gasteiger partial charge in [-0.25, -0.2) is 4.39 Å². The van der Waals surface area contributed by atoms with Gasteiger partial charge in [0.25, 0.3) is 5.91 Å². The SMILES string of the molecule is O=C(NC1CCN(Cc2ccc(Cl)cc2)CC1)c1ccc(F)cc1. The number of carbonyl (C=O) groups is 1. The third-order valence-corrected chi connectivity index (χ3v) is 4.60. The molecule has 1 saturated heterocycles. The van der Waals surface area contributed by atoms with E-state index >= 15 is 0 Å². The predicted molar refractivity (Wildman–Crippen MR) is 93.6 cm³/mol. The van der Waals surface area contributed by atoms with Gasteiger partial charge in [-0.1, -0.05) is 23.7 Å². The van der Waals surface area contributed by atoms with Gasteiger partial charge in [0.05, 0.1) is 0 Å². The molecule has 3 rings (SSSR count). The summed E-state index contributed by atoms with van der Waals surface area (Å²) in [7, 11) is 0. The highest BCUT2D eigenvalue weighted by Gasteiger charge is 2.21. The van der Waals surface area contributed by atoms with E-state index in [1.807, 2.05) is 24.3 Å². The van der Waals surface area contributed by atoms with Gasteiger partial charge in [-0.2, -0.15) is 0 Å². The minimum absolute atomic E-state index is 0.133. The second-order valence-electron chi connectivity index (χ2n) is 6.16. The Balaban J connectivity index is 1.47. The Morgan fingerprint density at radius 2 is 1.71 bits per heavy atom. The van der Waals surface area contributed by atoms with E-state index in [2.05, 4.69) is 10.2 Å². The van der Waals surface area contributed by atoms with E-state index in [-0.39, 0.29) is 17.8 Å². The average Bonchev–Trinajstić information content (AvgIpc) is 2.59. The molecule has 2 aromatic carbocycles. The van der Waals surface area contributed by atoms with E-state index in [9.17, 15) is 9.18 Å². The van der Waals surface area contributed by atoms with Gasteiger partial charge in [0.2, 0.25) is 0 Å². The number of halogens is 2. The smallest absolute Gasteiger partial charge is 0.251 e. The predicted octanol–water partition coefficient (Wildman–Crippen LogP) is 3.87. The number of rotatable bonds is 4. The van der Waals surface area contributed by atoms with Gasteiger partial charge >= 0.3 is 0 Å². The Morgan fingerprint density at radius 3 is 2.33 bits per heavy atom. The number of hydrogen-bond donors (Lipinski definition) is 1. The first kappa shape index (κ1) is 16.9. The lowest BCUT2D eigenvalue weighted by atomic mass is 10.0. The molecule has 24 heavy (non-hydrogen) atoms. The molecule has 1 aliphatic heterocycles. The lowest BCUT2D eigenvalue weighted by Crippen LogP contribution is -2.44. The molecule has 0 spiro atoms. The maximum absolute atomic E-state index is 12.9. The quantitative estimate of drug-likeness (QED) is 0.911. The van der Waals surface area contributed by atoms with Crippen molar-refractivity contribution in [2.75, 3.05) is 13.1 Å². The van der Waals surface area contributed by atoms with Crippen LogP contribution in [-0.4, -0.2) is 29.9 Å². The van der Waals surface area contributed by atoms with Gasteiger partial charge in [0.1, 0.15) is 5.82 Å². The number of carbonyl (C=O) groups excluding carboxylic acids is 1. The first-order chi connectivity index (χ1) is 11.6. The molecule has 1 heterocycles. The highest BCUT2D eigenvalue weighted by molar-refractivity contribution is 6.30. The van der Waals surface area contributed by atoms with Crippen molar-refractivity contribution in [3.8, 4) is 0 Å². The zero-order chi connectivity index (χ0) is 16.9. The first-order valence-corrected chi connectivity index (χ1v) is 8.51. The van der Waals surface area contributed by atoms with Gasteiger partial charge < -0.3 is 5.32 Å². The Bertz CT molecular complexity index is 680. The van der Waals surface area contributed by atoms with Crippen LogP contribution < -0.4 is 5.32 Å². The van der Waals surface area contributed by atoms with Crippen LogP contribution in [0.25, 0.3) is 0 Å². The van der Waals surface area contributed by atoms with Crippen molar-refractivity contribution < 1.29 is 9.18 Å². The van der Waals surface area contributed by atoms with Crippen LogP contribution in [0.5, 0.6) is 0 Å². The average molecular weight is 347 g/mol. The monoisotopic (exact) mass is 346 g/mol. The first-order valence-electron chi connectivity index (χ1n) is 8.13. The number of likely N-dealkylation sites (tertiary alicyclic amines) is 1. The van der Waals surface area contributed by atoms with Crippen LogP contribution in [0.4, 0.5) is 4.39 Å². The highest BCUT2D eigenvalue weighted by Crippen LogP contribution is 2.16. The molecule has 0 unspecified atom stereocenters. The normalized spacial score (nSPS) is 16.1. The second kappa shape index (κ2) is 7.77. The number of benzene rings is 2. The fourth-order valence-corrected chi connectivity index (χ4v) is 3.08. The van der Waals surface area contributed by atoms with E-state index in [0.717, 1.165) is 37.5 Å². The Kier molecular flexibility index (Phi) is 5.48. The largest absolute Gasteiger partial charge is 0.349 e. The van der Waals surface area contributed by atoms with Crippen molar-refractivity contribution in [3.63, 3.8) is 0 Å². The summed E-state index contributed by atoms with van der Waals surface area (Å²) in [6, 6.07) is 13.7. The molecule has 1 amide bonds. The molecule has 0 saturated carbocycles.